The SMILES string of the molecule is Cc1ccc(C(=O)NCCc2cnn(C)c2)cc1. The lowest BCUT2D eigenvalue weighted by molar-refractivity contribution is 0.0954. The third kappa shape index (κ3) is 3.20. The lowest BCUT2D eigenvalue weighted by Crippen LogP contribution is -2.25. The molecule has 0 fully saturated rings. The van der Waals surface area contributed by atoms with Crippen molar-refractivity contribution in [2.45, 2.75) is 13.3 Å². The topological polar surface area (TPSA) is 46.9 Å². The van der Waals surface area contributed by atoms with Gasteiger partial charge in [0.2, 0.25) is 0 Å². The zero-order chi connectivity index (χ0) is 13.0. The second kappa shape index (κ2) is 5.49. The lowest BCUT2D eigenvalue weighted by Gasteiger charge is -2.04. The molecule has 0 spiro atoms. The smallest absolute Gasteiger partial charge is 0.251 e. The third-order valence-electron chi connectivity index (χ3n) is 2.77. The number of benzene rings is 1. The van der Waals surface area contributed by atoms with Crippen LogP contribution in [-0.2, 0) is 13.5 Å². The maximum absolute atomic E-state index is 11.8. The fraction of sp³-hybridized carbons (Fsp3) is 0.286. The molecule has 0 aliphatic carbocycles. The van der Waals surface area contributed by atoms with E-state index >= 15 is 0 Å². The van der Waals surface area contributed by atoms with Gasteiger partial charge in [-0.25, -0.2) is 0 Å². The van der Waals surface area contributed by atoms with E-state index in [0.29, 0.717) is 12.1 Å². The number of rotatable bonds is 4. The molecule has 18 heavy (non-hydrogen) atoms. The van der Waals surface area contributed by atoms with Crippen molar-refractivity contribution in [1.82, 2.24) is 15.1 Å². The first-order chi connectivity index (χ1) is 8.65. The molecule has 1 aromatic heterocycles. The minimum Gasteiger partial charge on any atom is -0.352 e. The Morgan fingerprint density at radius 3 is 2.67 bits per heavy atom. The van der Waals surface area contributed by atoms with Gasteiger partial charge in [0.1, 0.15) is 0 Å². The van der Waals surface area contributed by atoms with Crippen LogP contribution in [0, 0.1) is 6.92 Å². The van der Waals surface area contributed by atoms with Crippen LogP contribution in [-0.4, -0.2) is 22.2 Å². The van der Waals surface area contributed by atoms with Gasteiger partial charge in [0.05, 0.1) is 6.20 Å². The average molecular weight is 243 g/mol. The molecule has 2 rings (SSSR count). The summed E-state index contributed by atoms with van der Waals surface area (Å²) in [5.41, 5.74) is 2.98. The molecule has 0 saturated carbocycles. The summed E-state index contributed by atoms with van der Waals surface area (Å²) in [6, 6.07) is 7.57. The Kier molecular flexibility index (Phi) is 3.77. The number of nitrogens with one attached hydrogen (secondary N) is 1. The summed E-state index contributed by atoms with van der Waals surface area (Å²) in [4.78, 5) is 11.8. The molecule has 4 heteroatoms. The zero-order valence-electron chi connectivity index (χ0n) is 10.7. The third-order valence-corrected chi connectivity index (χ3v) is 2.77. The van der Waals surface area contributed by atoms with Crippen LogP contribution >= 0.6 is 0 Å². The van der Waals surface area contributed by atoms with Gasteiger partial charge in [-0.1, -0.05) is 17.7 Å². The summed E-state index contributed by atoms with van der Waals surface area (Å²) in [7, 11) is 1.88. The van der Waals surface area contributed by atoms with Gasteiger partial charge in [0, 0.05) is 25.4 Å². The monoisotopic (exact) mass is 243 g/mol. The van der Waals surface area contributed by atoms with Gasteiger partial charge in [0.25, 0.3) is 5.91 Å². The maximum atomic E-state index is 11.8. The summed E-state index contributed by atoms with van der Waals surface area (Å²) in [6.45, 7) is 2.63. The second-order valence-electron chi connectivity index (χ2n) is 4.39. The number of hydrogen-bond donors (Lipinski definition) is 1. The Labute approximate surface area is 107 Å². The van der Waals surface area contributed by atoms with Gasteiger partial charge in [-0.2, -0.15) is 5.10 Å². The van der Waals surface area contributed by atoms with Crippen LogP contribution in [0.4, 0.5) is 0 Å². The highest BCUT2D eigenvalue weighted by Crippen LogP contribution is 2.03. The molecule has 0 atom stereocenters. The van der Waals surface area contributed by atoms with Crippen LogP contribution < -0.4 is 5.32 Å². The van der Waals surface area contributed by atoms with Gasteiger partial charge in [-0.3, -0.25) is 9.48 Å². The Balaban J connectivity index is 1.83. The standard InChI is InChI=1S/C14H17N3O/c1-11-3-5-13(6-4-11)14(18)15-8-7-12-9-16-17(2)10-12/h3-6,9-10H,7-8H2,1-2H3,(H,15,18). The number of amides is 1. The van der Waals surface area contributed by atoms with Crippen LogP contribution in [0.1, 0.15) is 21.5 Å². The Morgan fingerprint density at radius 1 is 1.33 bits per heavy atom. The minimum absolute atomic E-state index is 0.0288. The van der Waals surface area contributed by atoms with E-state index < -0.39 is 0 Å². The minimum atomic E-state index is -0.0288. The number of hydrogen-bond acceptors (Lipinski definition) is 2. The fourth-order valence-electron chi connectivity index (χ4n) is 1.73. The van der Waals surface area contributed by atoms with E-state index in [0.717, 1.165) is 17.5 Å². The molecule has 0 bridgehead atoms. The highest BCUT2D eigenvalue weighted by molar-refractivity contribution is 5.94. The Morgan fingerprint density at radius 2 is 2.06 bits per heavy atom. The van der Waals surface area contributed by atoms with Crippen LogP contribution in [0.5, 0.6) is 0 Å². The Hall–Kier alpha value is -2.10. The highest BCUT2D eigenvalue weighted by atomic mass is 16.1. The van der Waals surface area contributed by atoms with Gasteiger partial charge in [-0.05, 0) is 31.0 Å². The molecule has 1 heterocycles. The predicted octanol–water partition coefficient (Wildman–Crippen LogP) is 1.70. The lowest BCUT2D eigenvalue weighted by atomic mass is 10.1. The van der Waals surface area contributed by atoms with E-state index in [9.17, 15) is 4.79 Å². The van der Waals surface area contributed by atoms with Crippen molar-refractivity contribution in [1.29, 1.82) is 0 Å². The van der Waals surface area contributed by atoms with E-state index in [-0.39, 0.29) is 5.91 Å². The van der Waals surface area contributed by atoms with E-state index in [2.05, 4.69) is 10.4 Å². The van der Waals surface area contributed by atoms with Crippen molar-refractivity contribution < 1.29 is 4.79 Å². The van der Waals surface area contributed by atoms with Crippen molar-refractivity contribution in [3.05, 3.63) is 53.3 Å². The molecule has 2 aromatic rings. The first-order valence-corrected chi connectivity index (χ1v) is 5.97. The quantitative estimate of drug-likeness (QED) is 0.888. The molecule has 0 saturated heterocycles. The van der Waals surface area contributed by atoms with Crippen LogP contribution in [0.3, 0.4) is 0 Å². The second-order valence-corrected chi connectivity index (χ2v) is 4.39. The first-order valence-electron chi connectivity index (χ1n) is 5.97. The van der Waals surface area contributed by atoms with E-state index in [1.54, 1.807) is 4.68 Å². The molecule has 0 radical (unpaired) electrons. The molecule has 4 nitrogen and oxygen atoms in total. The summed E-state index contributed by atoms with van der Waals surface area (Å²) < 4.78 is 1.76. The molecule has 0 unspecified atom stereocenters. The first kappa shape index (κ1) is 12.4. The van der Waals surface area contributed by atoms with Gasteiger partial charge < -0.3 is 5.32 Å². The molecule has 0 aliphatic heterocycles. The van der Waals surface area contributed by atoms with Crippen molar-refractivity contribution in [2.75, 3.05) is 6.54 Å². The molecule has 1 N–H and O–H groups in total. The average Bonchev–Trinajstić information content (AvgIpc) is 2.76. The maximum Gasteiger partial charge on any atom is 0.251 e. The highest BCUT2D eigenvalue weighted by Gasteiger charge is 2.04. The number of aromatic nitrogens is 2. The van der Waals surface area contributed by atoms with Crippen molar-refractivity contribution in [3.8, 4) is 0 Å². The largest absolute Gasteiger partial charge is 0.352 e. The number of carbonyl (C=O) groups excluding carboxylic acids is 1. The summed E-state index contributed by atoms with van der Waals surface area (Å²) >= 11 is 0. The molecule has 0 aliphatic rings. The predicted molar refractivity (Wildman–Crippen MR) is 70.4 cm³/mol. The van der Waals surface area contributed by atoms with Crippen LogP contribution in [0.25, 0.3) is 0 Å². The Bertz CT molecular complexity index is 528. The molecule has 94 valence electrons. The van der Waals surface area contributed by atoms with Gasteiger partial charge in [-0.15, -0.1) is 0 Å². The summed E-state index contributed by atoms with van der Waals surface area (Å²) in [5.74, 6) is -0.0288. The normalized spacial score (nSPS) is 10.3. The van der Waals surface area contributed by atoms with Crippen LogP contribution in [0.15, 0.2) is 36.7 Å². The number of aryl methyl sites for hydroxylation is 2. The van der Waals surface area contributed by atoms with Gasteiger partial charge >= 0.3 is 0 Å². The summed E-state index contributed by atoms with van der Waals surface area (Å²) in [5, 5.41) is 6.99. The summed E-state index contributed by atoms with van der Waals surface area (Å²) in [6.07, 6.45) is 4.57. The fourth-order valence-corrected chi connectivity index (χ4v) is 1.73. The number of nitrogens with zero attached hydrogens (tertiary/aromatic N) is 2. The van der Waals surface area contributed by atoms with Crippen LogP contribution in [0.2, 0.25) is 0 Å². The zero-order valence-corrected chi connectivity index (χ0v) is 10.7. The number of carbonyl (C=O) groups is 1. The van der Waals surface area contributed by atoms with Crippen molar-refractivity contribution in [3.63, 3.8) is 0 Å². The van der Waals surface area contributed by atoms with E-state index in [1.165, 1.54) is 0 Å². The van der Waals surface area contributed by atoms with Crippen molar-refractivity contribution in [2.24, 2.45) is 7.05 Å². The molecule has 1 amide bonds. The molecular weight excluding hydrogens is 226 g/mol. The van der Waals surface area contributed by atoms with Crippen molar-refractivity contribution >= 4 is 5.91 Å². The molecular formula is C14H17N3O. The van der Waals surface area contributed by atoms with E-state index in [1.807, 2.05) is 50.6 Å². The molecule has 1 aromatic carbocycles. The van der Waals surface area contributed by atoms with Gasteiger partial charge in [0.15, 0.2) is 0 Å². The van der Waals surface area contributed by atoms with E-state index in [4.69, 9.17) is 0 Å².